The molecule has 2 heterocycles. The van der Waals surface area contributed by atoms with Crippen LogP contribution in [0.2, 0.25) is 0 Å². The summed E-state index contributed by atoms with van der Waals surface area (Å²) in [5.74, 6) is -0.269. The number of allylic oxidation sites excluding steroid dienone is 9. The topological polar surface area (TPSA) is 228 Å². The molecule has 0 radical (unpaired) electrons. The highest BCUT2D eigenvalue weighted by Crippen LogP contribution is 2.30. The standard InChI is InChI=1S/C59H105NO13/c1-3-5-7-9-11-13-15-17-19-20-21-22-23-24-25-26-27-28-29-30-32-34-36-38-40-42-48(63)47(60-51(64)43-41-39-37-35-33-31-18-16-14-12-10-8-6-4-2)46-70-58-56(69)54(67)57(50(45-62)72-58)73-59-55(68)53(66)52(65)49(44-61)71-59/h10,12,16,18,27-28,32,34,40,42,47-50,52-59,61-63,65-69H,3-9,11,13-15,17,19-26,29-31,33,35-39,41,43-46H2,1-2H3,(H,60,64)/b12-10-,18-16-,28-27+,34-32+,42-40+. The molecule has 0 aromatic carbocycles. The van der Waals surface area contributed by atoms with Crippen molar-refractivity contribution in [1.82, 2.24) is 5.32 Å². The molecular formula is C59H105NO13. The number of amides is 1. The van der Waals surface area contributed by atoms with E-state index in [2.05, 4.69) is 67.8 Å². The quantitative estimate of drug-likeness (QED) is 0.0205. The second-order valence-electron chi connectivity index (χ2n) is 20.4. The zero-order valence-electron chi connectivity index (χ0n) is 45.4. The predicted octanol–water partition coefficient (Wildman–Crippen LogP) is 9.39. The second kappa shape index (κ2) is 44.8. The van der Waals surface area contributed by atoms with Crippen LogP contribution in [0, 0.1) is 0 Å². The highest BCUT2D eigenvalue weighted by Gasteiger charge is 2.51. The van der Waals surface area contributed by atoms with E-state index in [-0.39, 0.29) is 18.9 Å². The van der Waals surface area contributed by atoms with Crippen LogP contribution in [0.3, 0.4) is 0 Å². The van der Waals surface area contributed by atoms with Gasteiger partial charge in [0.15, 0.2) is 12.6 Å². The number of aliphatic hydroxyl groups is 8. The van der Waals surface area contributed by atoms with Crippen molar-refractivity contribution in [3.05, 3.63) is 60.8 Å². The number of hydrogen-bond acceptors (Lipinski definition) is 13. The van der Waals surface area contributed by atoms with E-state index in [9.17, 15) is 45.6 Å². The van der Waals surface area contributed by atoms with Crippen LogP contribution in [-0.4, -0.2) is 140 Å². The zero-order valence-corrected chi connectivity index (χ0v) is 45.4. The third kappa shape index (κ3) is 30.9. The molecule has 2 saturated heterocycles. The van der Waals surface area contributed by atoms with Crippen LogP contribution in [0.1, 0.15) is 213 Å². The first-order valence-corrected chi connectivity index (χ1v) is 29.0. The largest absolute Gasteiger partial charge is 0.394 e. The molecule has 0 spiro atoms. The van der Waals surface area contributed by atoms with E-state index in [0.717, 1.165) is 70.6 Å². The van der Waals surface area contributed by atoms with Crippen LogP contribution in [0.4, 0.5) is 0 Å². The summed E-state index contributed by atoms with van der Waals surface area (Å²) in [5, 5.41) is 86.9. The first-order valence-electron chi connectivity index (χ1n) is 29.0. The highest BCUT2D eigenvalue weighted by molar-refractivity contribution is 5.76. The normalized spacial score (nSPS) is 25.8. The van der Waals surface area contributed by atoms with E-state index in [0.29, 0.717) is 12.8 Å². The summed E-state index contributed by atoms with van der Waals surface area (Å²) in [4.78, 5) is 13.2. The minimum atomic E-state index is -1.80. The van der Waals surface area contributed by atoms with Crippen molar-refractivity contribution in [3.63, 3.8) is 0 Å². The maximum atomic E-state index is 13.2. The van der Waals surface area contributed by atoms with E-state index in [4.69, 9.17) is 18.9 Å². The Hall–Kier alpha value is -2.31. The number of carbonyl (C=O) groups excluding carboxylic acids is 1. The Kier molecular flexibility index (Phi) is 41.0. The predicted molar refractivity (Wildman–Crippen MR) is 290 cm³/mol. The Balaban J connectivity index is 1.79. The first kappa shape index (κ1) is 66.8. The lowest BCUT2D eigenvalue weighted by molar-refractivity contribution is -0.359. The number of nitrogens with one attached hydrogen (secondary N) is 1. The molecule has 14 nitrogen and oxygen atoms in total. The summed E-state index contributed by atoms with van der Waals surface area (Å²) in [6.45, 7) is 2.71. The van der Waals surface area contributed by atoms with Gasteiger partial charge in [-0.15, -0.1) is 0 Å². The Morgan fingerprint density at radius 1 is 0.493 bits per heavy atom. The van der Waals surface area contributed by atoms with Crippen molar-refractivity contribution in [2.45, 2.75) is 286 Å². The van der Waals surface area contributed by atoms with Crippen molar-refractivity contribution in [2.75, 3.05) is 19.8 Å². The van der Waals surface area contributed by atoms with Gasteiger partial charge >= 0.3 is 0 Å². The van der Waals surface area contributed by atoms with Crippen LogP contribution in [0.5, 0.6) is 0 Å². The van der Waals surface area contributed by atoms with Gasteiger partial charge in [0.05, 0.1) is 32.0 Å². The van der Waals surface area contributed by atoms with Crippen LogP contribution < -0.4 is 5.32 Å². The summed E-state index contributed by atoms with van der Waals surface area (Å²) in [6, 6.07) is -0.947. The molecule has 12 atom stereocenters. The molecule has 2 fully saturated rings. The molecule has 0 aliphatic carbocycles. The molecule has 0 saturated carbocycles. The summed E-state index contributed by atoms with van der Waals surface area (Å²) in [5.41, 5.74) is 0. The monoisotopic (exact) mass is 1040 g/mol. The second-order valence-corrected chi connectivity index (χ2v) is 20.4. The van der Waals surface area contributed by atoms with Gasteiger partial charge in [-0.05, 0) is 70.6 Å². The average molecular weight is 1040 g/mol. The summed E-state index contributed by atoms with van der Waals surface area (Å²) in [6.07, 6.45) is 39.8. The Bertz CT molecular complexity index is 1450. The molecule has 12 unspecified atom stereocenters. The maximum Gasteiger partial charge on any atom is 0.220 e. The van der Waals surface area contributed by atoms with Crippen LogP contribution in [-0.2, 0) is 23.7 Å². The van der Waals surface area contributed by atoms with Gasteiger partial charge in [0.2, 0.25) is 5.91 Å². The van der Waals surface area contributed by atoms with Gasteiger partial charge in [0.1, 0.15) is 48.8 Å². The molecule has 0 aromatic heterocycles. The van der Waals surface area contributed by atoms with Crippen molar-refractivity contribution in [3.8, 4) is 0 Å². The Labute approximate surface area is 441 Å². The maximum absolute atomic E-state index is 13.2. The summed E-state index contributed by atoms with van der Waals surface area (Å²) in [7, 11) is 0. The van der Waals surface area contributed by atoms with E-state index in [1.165, 1.54) is 109 Å². The molecule has 2 aliphatic rings. The van der Waals surface area contributed by atoms with E-state index >= 15 is 0 Å². The molecule has 73 heavy (non-hydrogen) atoms. The van der Waals surface area contributed by atoms with Gasteiger partial charge in [-0.25, -0.2) is 0 Å². The minimum Gasteiger partial charge on any atom is -0.394 e. The van der Waals surface area contributed by atoms with Crippen molar-refractivity contribution >= 4 is 5.91 Å². The number of hydrogen-bond donors (Lipinski definition) is 9. The number of carbonyl (C=O) groups is 1. The number of unbranched alkanes of at least 4 members (excludes halogenated alkanes) is 24. The fraction of sp³-hybridized carbons (Fsp3) is 0.814. The molecule has 14 heteroatoms. The minimum absolute atomic E-state index is 0.252. The molecule has 2 aliphatic heterocycles. The number of ether oxygens (including phenoxy) is 4. The van der Waals surface area contributed by atoms with Crippen molar-refractivity contribution in [2.24, 2.45) is 0 Å². The summed E-state index contributed by atoms with van der Waals surface area (Å²) >= 11 is 0. The lowest BCUT2D eigenvalue weighted by Crippen LogP contribution is -2.65. The van der Waals surface area contributed by atoms with Gasteiger partial charge in [0.25, 0.3) is 0 Å². The molecule has 424 valence electrons. The van der Waals surface area contributed by atoms with Gasteiger partial charge in [-0.2, -0.15) is 0 Å². The van der Waals surface area contributed by atoms with Crippen molar-refractivity contribution < 1.29 is 64.6 Å². The third-order valence-electron chi connectivity index (χ3n) is 13.9. The zero-order chi connectivity index (χ0) is 53.2. The molecule has 2 rings (SSSR count). The Morgan fingerprint density at radius 3 is 1.47 bits per heavy atom. The van der Waals surface area contributed by atoms with Gasteiger partial charge in [-0.1, -0.05) is 197 Å². The SMILES string of the molecule is CCCC/C=C\C/C=C\CCCCCCCC(=O)NC(COC1OC(CO)C(OC2OC(CO)C(O)C(O)C2O)C(O)C1O)C(O)/C=C/CC/C=C/CC/C=C/CCCCCCCCCCCCCCCCC. The average Bonchev–Trinajstić information content (AvgIpc) is 3.39. The fourth-order valence-corrected chi connectivity index (χ4v) is 9.16. The smallest absolute Gasteiger partial charge is 0.220 e. The van der Waals surface area contributed by atoms with Crippen molar-refractivity contribution in [1.29, 1.82) is 0 Å². The van der Waals surface area contributed by atoms with E-state index < -0.39 is 86.8 Å². The van der Waals surface area contributed by atoms with Crippen LogP contribution >= 0.6 is 0 Å². The molecule has 0 bridgehead atoms. The van der Waals surface area contributed by atoms with E-state index in [1.54, 1.807) is 6.08 Å². The van der Waals surface area contributed by atoms with Crippen LogP contribution in [0.15, 0.2) is 60.8 Å². The number of rotatable bonds is 45. The number of aliphatic hydroxyl groups excluding tert-OH is 8. The van der Waals surface area contributed by atoms with Gasteiger partial charge in [0, 0.05) is 6.42 Å². The summed E-state index contributed by atoms with van der Waals surface area (Å²) < 4.78 is 22.7. The lowest BCUT2D eigenvalue weighted by Gasteiger charge is -2.46. The first-order chi connectivity index (χ1) is 35.6. The molecule has 0 aromatic rings. The highest BCUT2D eigenvalue weighted by atomic mass is 16.7. The molecule has 9 N–H and O–H groups in total. The molecule has 1 amide bonds. The third-order valence-corrected chi connectivity index (χ3v) is 13.9. The lowest BCUT2D eigenvalue weighted by atomic mass is 9.97. The van der Waals surface area contributed by atoms with E-state index in [1.807, 2.05) is 6.08 Å². The fourth-order valence-electron chi connectivity index (χ4n) is 9.16. The molecular weight excluding hydrogens is 931 g/mol. The van der Waals surface area contributed by atoms with Gasteiger partial charge < -0.3 is 65.1 Å². The Morgan fingerprint density at radius 2 is 0.932 bits per heavy atom. The van der Waals surface area contributed by atoms with Crippen LogP contribution in [0.25, 0.3) is 0 Å². The van der Waals surface area contributed by atoms with Gasteiger partial charge in [-0.3, -0.25) is 4.79 Å².